The average molecular weight is 443 g/mol. The van der Waals surface area contributed by atoms with E-state index in [-0.39, 0.29) is 17.8 Å². The van der Waals surface area contributed by atoms with Gasteiger partial charge in [0.25, 0.3) is 5.91 Å². The standard InChI is InChI=1S/C24H34N4O4/c1-2-32-20-9-7-19(8-10-20)18-26-14-16-27(17-15-26)21(29)6-5-13-28-22(30)24(25-23(28)31)11-3-4-12-24/h7-10H,2-6,11-18H2,1H3,(H,25,31). The summed E-state index contributed by atoms with van der Waals surface area (Å²) in [5.74, 6) is 0.891. The topological polar surface area (TPSA) is 82.2 Å². The Kier molecular flexibility index (Phi) is 6.98. The third kappa shape index (κ3) is 4.90. The first kappa shape index (κ1) is 22.6. The second-order valence-corrected chi connectivity index (χ2v) is 9.01. The molecular formula is C24H34N4O4. The van der Waals surface area contributed by atoms with Crippen molar-refractivity contribution in [2.75, 3.05) is 39.3 Å². The van der Waals surface area contributed by atoms with Gasteiger partial charge < -0.3 is 15.0 Å². The minimum Gasteiger partial charge on any atom is -0.494 e. The lowest BCUT2D eigenvalue weighted by atomic mass is 9.98. The molecule has 3 fully saturated rings. The number of carbonyl (C=O) groups excluding carboxylic acids is 3. The van der Waals surface area contributed by atoms with Gasteiger partial charge in [-0.15, -0.1) is 0 Å². The molecule has 2 aliphatic heterocycles. The molecule has 1 aliphatic carbocycles. The molecule has 1 spiro atoms. The van der Waals surface area contributed by atoms with Crippen LogP contribution in [0.15, 0.2) is 24.3 Å². The van der Waals surface area contributed by atoms with Gasteiger partial charge in [-0.05, 0) is 43.9 Å². The molecule has 2 heterocycles. The monoisotopic (exact) mass is 442 g/mol. The maximum Gasteiger partial charge on any atom is 0.325 e. The van der Waals surface area contributed by atoms with E-state index in [0.717, 1.165) is 51.1 Å². The zero-order chi connectivity index (χ0) is 22.6. The molecule has 1 saturated carbocycles. The second-order valence-electron chi connectivity index (χ2n) is 9.01. The third-order valence-corrected chi connectivity index (χ3v) is 6.84. The largest absolute Gasteiger partial charge is 0.494 e. The van der Waals surface area contributed by atoms with Crippen LogP contribution < -0.4 is 10.1 Å². The highest BCUT2D eigenvalue weighted by Gasteiger charge is 2.52. The maximum absolute atomic E-state index is 12.7. The predicted octanol–water partition coefficient (Wildman–Crippen LogP) is 2.37. The summed E-state index contributed by atoms with van der Waals surface area (Å²) in [6, 6.07) is 7.88. The van der Waals surface area contributed by atoms with Crippen molar-refractivity contribution in [2.24, 2.45) is 0 Å². The molecular weight excluding hydrogens is 408 g/mol. The number of rotatable bonds is 8. The summed E-state index contributed by atoms with van der Waals surface area (Å²) in [6.07, 6.45) is 4.29. The highest BCUT2D eigenvalue weighted by atomic mass is 16.5. The number of piperazine rings is 1. The van der Waals surface area contributed by atoms with Gasteiger partial charge in [-0.3, -0.25) is 19.4 Å². The minimum absolute atomic E-state index is 0.102. The molecule has 32 heavy (non-hydrogen) atoms. The summed E-state index contributed by atoms with van der Waals surface area (Å²) in [4.78, 5) is 43.1. The summed E-state index contributed by atoms with van der Waals surface area (Å²) >= 11 is 0. The highest BCUT2D eigenvalue weighted by molar-refractivity contribution is 6.07. The zero-order valence-corrected chi connectivity index (χ0v) is 19.0. The summed E-state index contributed by atoms with van der Waals surface area (Å²) in [5, 5.41) is 2.89. The number of amides is 4. The van der Waals surface area contributed by atoms with Crippen molar-refractivity contribution >= 4 is 17.8 Å². The number of hydrogen-bond donors (Lipinski definition) is 1. The van der Waals surface area contributed by atoms with Crippen LogP contribution in [0.3, 0.4) is 0 Å². The molecule has 0 unspecified atom stereocenters. The number of benzene rings is 1. The Hall–Kier alpha value is -2.61. The van der Waals surface area contributed by atoms with Crippen molar-refractivity contribution in [2.45, 2.75) is 57.5 Å². The summed E-state index contributed by atoms with van der Waals surface area (Å²) < 4.78 is 5.49. The van der Waals surface area contributed by atoms with Crippen LogP contribution in [0.5, 0.6) is 5.75 Å². The van der Waals surface area contributed by atoms with E-state index in [1.54, 1.807) is 0 Å². The van der Waals surface area contributed by atoms with Gasteiger partial charge in [-0.1, -0.05) is 25.0 Å². The van der Waals surface area contributed by atoms with Crippen molar-refractivity contribution in [3.05, 3.63) is 29.8 Å². The first-order chi connectivity index (χ1) is 15.5. The van der Waals surface area contributed by atoms with Crippen LogP contribution >= 0.6 is 0 Å². The zero-order valence-electron chi connectivity index (χ0n) is 19.0. The Morgan fingerprint density at radius 3 is 2.41 bits per heavy atom. The fourth-order valence-corrected chi connectivity index (χ4v) is 5.01. The Morgan fingerprint density at radius 1 is 1.06 bits per heavy atom. The number of urea groups is 1. The van der Waals surface area contributed by atoms with Gasteiger partial charge in [0.1, 0.15) is 11.3 Å². The molecule has 1 aromatic carbocycles. The first-order valence-electron chi connectivity index (χ1n) is 11.9. The van der Waals surface area contributed by atoms with E-state index >= 15 is 0 Å². The van der Waals surface area contributed by atoms with Gasteiger partial charge in [0.05, 0.1) is 6.61 Å². The van der Waals surface area contributed by atoms with Crippen LogP contribution in [0.2, 0.25) is 0 Å². The SMILES string of the molecule is CCOc1ccc(CN2CCN(C(=O)CCCN3C(=O)NC4(CCCC4)C3=O)CC2)cc1. The van der Waals surface area contributed by atoms with Crippen LogP contribution in [0.1, 0.15) is 51.0 Å². The number of imide groups is 1. The number of nitrogens with zero attached hydrogens (tertiary/aromatic N) is 3. The van der Waals surface area contributed by atoms with Crippen molar-refractivity contribution in [3.63, 3.8) is 0 Å². The van der Waals surface area contributed by atoms with Crippen LogP contribution in [0, 0.1) is 0 Å². The van der Waals surface area contributed by atoms with Crippen LogP contribution in [-0.4, -0.2) is 77.4 Å². The number of nitrogens with one attached hydrogen (secondary N) is 1. The molecule has 8 nitrogen and oxygen atoms in total. The molecule has 2 saturated heterocycles. The molecule has 0 bridgehead atoms. The smallest absolute Gasteiger partial charge is 0.325 e. The van der Waals surface area contributed by atoms with Crippen LogP contribution in [-0.2, 0) is 16.1 Å². The molecule has 0 aromatic heterocycles. The van der Waals surface area contributed by atoms with Crippen molar-refractivity contribution in [3.8, 4) is 5.75 Å². The van der Waals surface area contributed by atoms with Gasteiger partial charge >= 0.3 is 6.03 Å². The molecule has 4 rings (SSSR count). The van der Waals surface area contributed by atoms with Gasteiger partial charge in [0.15, 0.2) is 0 Å². The molecule has 1 N–H and O–H groups in total. The summed E-state index contributed by atoms with van der Waals surface area (Å²) in [5.41, 5.74) is 0.572. The van der Waals surface area contributed by atoms with Crippen molar-refractivity contribution < 1.29 is 19.1 Å². The molecule has 0 radical (unpaired) electrons. The predicted molar refractivity (Wildman–Crippen MR) is 120 cm³/mol. The van der Waals surface area contributed by atoms with E-state index in [9.17, 15) is 14.4 Å². The molecule has 1 aromatic rings. The lowest BCUT2D eigenvalue weighted by Crippen LogP contribution is -2.48. The quantitative estimate of drug-likeness (QED) is 0.625. The lowest BCUT2D eigenvalue weighted by molar-refractivity contribution is -0.134. The summed E-state index contributed by atoms with van der Waals surface area (Å²) in [7, 11) is 0. The third-order valence-electron chi connectivity index (χ3n) is 6.84. The minimum atomic E-state index is -0.666. The van der Waals surface area contributed by atoms with E-state index in [1.165, 1.54) is 10.5 Å². The van der Waals surface area contributed by atoms with Crippen molar-refractivity contribution in [1.82, 2.24) is 20.0 Å². The number of ether oxygens (including phenoxy) is 1. The second kappa shape index (κ2) is 9.90. The molecule has 4 amide bonds. The fourth-order valence-electron chi connectivity index (χ4n) is 5.01. The summed E-state index contributed by atoms with van der Waals surface area (Å²) in [6.45, 7) is 6.92. The Balaban J connectivity index is 1.17. The molecule has 0 atom stereocenters. The average Bonchev–Trinajstić information content (AvgIpc) is 3.36. The van der Waals surface area contributed by atoms with E-state index in [1.807, 2.05) is 24.0 Å². The van der Waals surface area contributed by atoms with E-state index in [4.69, 9.17) is 4.74 Å². The lowest BCUT2D eigenvalue weighted by Gasteiger charge is -2.35. The van der Waals surface area contributed by atoms with Gasteiger partial charge in [-0.2, -0.15) is 0 Å². The molecule has 174 valence electrons. The van der Waals surface area contributed by atoms with Gasteiger partial charge in [0, 0.05) is 45.7 Å². The van der Waals surface area contributed by atoms with E-state index in [2.05, 4.69) is 22.3 Å². The first-order valence-corrected chi connectivity index (χ1v) is 11.9. The van der Waals surface area contributed by atoms with Gasteiger partial charge in [-0.25, -0.2) is 4.79 Å². The Bertz CT molecular complexity index is 827. The molecule has 8 heteroatoms. The van der Waals surface area contributed by atoms with E-state index in [0.29, 0.717) is 39.1 Å². The van der Waals surface area contributed by atoms with Crippen LogP contribution in [0.4, 0.5) is 4.79 Å². The van der Waals surface area contributed by atoms with Gasteiger partial charge in [0.2, 0.25) is 5.91 Å². The fraction of sp³-hybridized carbons (Fsp3) is 0.625. The highest BCUT2D eigenvalue weighted by Crippen LogP contribution is 2.35. The van der Waals surface area contributed by atoms with Crippen LogP contribution in [0.25, 0.3) is 0 Å². The number of hydrogen-bond acceptors (Lipinski definition) is 5. The maximum atomic E-state index is 12.7. The van der Waals surface area contributed by atoms with Crippen molar-refractivity contribution in [1.29, 1.82) is 0 Å². The Morgan fingerprint density at radius 2 is 1.75 bits per heavy atom. The Labute approximate surface area is 189 Å². The number of carbonyl (C=O) groups is 3. The normalized spacial score (nSPS) is 20.8. The van der Waals surface area contributed by atoms with E-state index < -0.39 is 5.54 Å². The molecule has 3 aliphatic rings.